The van der Waals surface area contributed by atoms with Gasteiger partial charge in [-0.2, -0.15) is 0 Å². The average molecular weight is 269 g/mol. The topological polar surface area (TPSA) is 44.4 Å². The number of hydrogen-bond acceptors (Lipinski definition) is 3. The third-order valence-corrected chi connectivity index (χ3v) is 4.15. The molecule has 0 aliphatic carbocycles. The molecule has 0 bridgehead atoms. The van der Waals surface area contributed by atoms with E-state index in [0.717, 1.165) is 30.0 Å². The van der Waals surface area contributed by atoms with Crippen LogP contribution in [0.25, 0.3) is 5.70 Å². The summed E-state index contributed by atoms with van der Waals surface area (Å²) in [4.78, 5) is 13.7. The summed E-state index contributed by atoms with van der Waals surface area (Å²) in [6.45, 7) is 9.04. The molecular weight excluding hydrogens is 250 g/mol. The summed E-state index contributed by atoms with van der Waals surface area (Å²) >= 11 is 0. The third kappa shape index (κ3) is 1.88. The molecule has 1 aromatic rings. The number of rotatable bonds is 2. The number of fused-ring (bicyclic) bond motifs is 1. The summed E-state index contributed by atoms with van der Waals surface area (Å²) in [6, 6.07) is 6.35. The lowest BCUT2D eigenvalue weighted by Gasteiger charge is -2.35. The van der Waals surface area contributed by atoms with Crippen LogP contribution in [0.2, 0.25) is 0 Å². The highest BCUT2D eigenvalue weighted by Gasteiger charge is 2.33. The van der Waals surface area contributed by atoms with Gasteiger partial charge in [0.25, 0.3) is 0 Å². The molecule has 1 aromatic carbocycles. The van der Waals surface area contributed by atoms with Crippen LogP contribution in [0, 0.1) is 0 Å². The van der Waals surface area contributed by atoms with E-state index in [2.05, 4.69) is 40.8 Å². The molecule has 4 nitrogen and oxygen atoms in total. The number of piperidine rings is 1. The van der Waals surface area contributed by atoms with Crippen molar-refractivity contribution in [2.75, 3.05) is 12.4 Å². The average Bonchev–Trinajstić information content (AvgIpc) is 2.76. The maximum atomic E-state index is 11.4. The lowest BCUT2D eigenvalue weighted by Crippen LogP contribution is -2.43. The van der Waals surface area contributed by atoms with Gasteiger partial charge in [-0.1, -0.05) is 25.3 Å². The highest BCUT2D eigenvalue weighted by Crippen LogP contribution is 2.39. The summed E-state index contributed by atoms with van der Waals surface area (Å²) in [5.74, 6) is 0.0597. The van der Waals surface area contributed by atoms with Gasteiger partial charge in [0.2, 0.25) is 5.91 Å². The molecule has 0 saturated carbocycles. The van der Waals surface area contributed by atoms with Crippen LogP contribution < -0.4 is 10.6 Å². The van der Waals surface area contributed by atoms with Gasteiger partial charge < -0.3 is 15.5 Å². The van der Waals surface area contributed by atoms with E-state index >= 15 is 0 Å². The van der Waals surface area contributed by atoms with Crippen LogP contribution in [0.4, 0.5) is 5.69 Å². The molecule has 104 valence electrons. The van der Waals surface area contributed by atoms with Gasteiger partial charge in [0, 0.05) is 48.2 Å². The summed E-state index contributed by atoms with van der Waals surface area (Å²) in [5, 5.41) is 6.08. The molecule has 0 aromatic heterocycles. The van der Waals surface area contributed by atoms with Crippen molar-refractivity contribution in [2.45, 2.75) is 25.4 Å². The standard InChI is InChI=1S/C16H19N3O/c1-10-15(7-8-16(20)18-10)19-9-13-12(11(19)2)5-4-6-14(13)17-3/h4-6,15,17H,1-2,7-9H2,3H3,(H,18,20). The Kier molecular flexibility index (Phi) is 3.01. The number of carbonyl (C=O) groups is 1. The van der Waals surface area contributed by atoms with E-state index in [0.29, 0.717) is 6.42 Å². The van der Waals surface area contributed by atoms with Crippen molar-refractivity contribution in [3.05, 3.63) is 48.2 Å². The van der Waals surface area contributed by atoms with Crippen LogP contribution in [0.5, 0.6) is 0 Å². The first-order chi connectivity index (χ1) is 9.61. The molecule has 0 radical (unpaired) electrons. The van der Waals surface area contributed by atoms with Crippen LogP contribution in [-0.4, -0.2) is 23.9 Å². The van der Waals surface area contributed by atoms with E-state index in [9.17, 15) is 4.79 Å². The molecule has 1 fully saturated rings. The van der Waals surface area contributed by atoms with Crippen LogP contribution >= 0.6 is 0 Å². The van der Waals surface area contributed by atoms with E-state index in [-0.39, 0.29) is 11.9 Å². The normalized spacial score (nSPS) is 21.8. The summed E-state index contributed by atoms with van der Waals surface area (Å²) in [7, 11) is 1.93. The zero-order chi connectivity index (χ0) is 14.3. The smallest absolute Gasteiger partial charge is 0.224 e. The lowest BCUT2D eigenvalue weighted by atomic mass is 10.0. The molecule has 1 amide bonds. The molecule has 1 unspecified atom stereocenters. The maximum Gasteiger partial charge on any atom is 0.224 e. The quantitative estimate of drug-likeness (QED) is 0.866. The number of amides is 1. The van der Waals surface area contributed by atoms with Gasteiger partial charge in [-0.05, 0) is 12.5 Å². The zero-order valence-electron chi connectivity index (χ0n) is 11.7. The van der Waals surface area contributed by atoms with Crippen LogP contribution in [-0.2, 0) is 11.3 Å². The maximum absolute atomic E-state index is 11.4. The van der Waals surface area contributed by atoms with Crippen molar-refractivity contribution >= 4 is 17.3 Å². The summed E-state index contributed by atoms with van der Waals surface area (Å²) in [5.41, 5.74) is 5.38. The Labute approximate surface area is 119 Å². The molecule has 1 atom stereocenters. The fraction of sp³-hybridized carbons (Fsp3) is 0.312. The van der Waals surface area contributed by atoms with Gasteiger partial charge in [-0.25, -0.2) is 0 Å². The second kappa shape index (κ2) is 4.71. The Morgan fingerprint density at radius 1 is 1.40 bits per heavy atom. The van der Waals surface area contributed by atoms with Gasteiger partial charge >= 0.3 is 0 Å². The Balaban J connectivity index is 1.90. The van der Waals surface area contributed by atoms with Crippen LogP contribution in [0.15, 0.2) is 37.1 Å². The molecule has 2 aliphatic rings. The second-order valence-electron chi connectivity index (χ2n) is 5.28. The Hall–Kier alpha value is -2.23. The molecule has 20 heavy (non-hydrogen) atoms. The van der Waals surface area contributed by atoms with E-state index in [1.807, 2.05) is 13.1 Å². The highest BCUT2D eigenvalue weighted by molar-refractivity contribution is 5.80. The van der Waals surface area contributed by atoms with Crippen molar-refractivity contribution in [2.24, 2.45) is 0 Å². The zero-order valence-corrected chi connectivity index (χ0v) is 11.7. The van der Waals surface area contributed by atoms with Crippen molar-refractivity contribution in [1.29, 1.82) is 0 Å². The Bertz CT molecular complexity index is 606. The molecule has 2 aliphatic heterocycles. The van der Waals surface area contributed by atoms with Gasteiger partial charge in [-0.15, -0.1) is 0 Å². The van der Waals surface area contributed by atoms with Crippen LogP contribution in [0.1, 0.15) is 24.0 Å². The Morgan fingerprint density at radius 3 is 2.90 bits per heavy atom. The minimum Gasteiger partial charge on any atom is -0.388 e. The minimum atomic E-state index is 0.0597. The number of anilines is 1. The number of benzene rings is 1. The molecule has 0 spiro atoms. The fourth-order valence-electron chi connectivity index (χ4n) is 3.09. The highest BCUT2D eigenvalue weighted by atomic mass is 16.1. The SMILES string of the molecule is C=C1NC(=O)CCC1N1Cc2c(NC)cccc2C1=C. The number of hydrogen-bond donors (Lipinski definition) is 2. The molecule has 3 rings (SSSR count). The number of nitrogens with one attached hydrogen (secondary N) is 2. The summed E-state index contributed by atoms with van der Waals surface area (Å²) < 4.78 is 0. The van der Waals surface area contributed by atoms with Crippen LogP contribution in [0.3, 0.4) is 0 Å². The van der Waals surface area contributed by atoms with Crippen molar-refractivity contribution in [3.63, 3.8) is 0 Å². The molecule has 1 saturated heterocycles. The molecule has 2 N–H and O–H groups in total. The lowest BCUT2D eigenvalue weighted by molar-refractivity contribution is -0.121. The van der Waals surface area contributed by atoms with E-state index in [1.165, 1.54) is 11.1 Å². The van der Waals surface area contributed by atoms with Crippen molar-refractivity contribution in [3.8, 4) is 0 Å². The molecule has 2 heterocycles. The van der Waals surface area contributed by atoms with Crippen molar-refractivity contribution < 1.29 is 4.79 Å². The van der Waals surface area contributed by atoms with Gasteiger partial charge in [0.15, 0.2) is 0 Å². The Morgan fingerprint density at radius 2 is 2.20 bits per heavy atom. The van der Waals surface area contributed by atoms with E-state index in [4.69, 9.17) is 0 Å². The summed E-state index contributed by atoms with van der Waals surface area (Å²) in [6.07, 6.45) is 1.34. The number of carbonyl (C=O) groups excluding carboxylic acids is 1. The molecule has 4 heteroatoms. The van der Waals surface area contributed by atoms with Gasteiger partial charge in [0.1, 0.15) is 0 Å². The van der Waals surface area contributed by atoms with E-state index in [1.54, 1.807) is 0 Å². The first-order valence-corrected chi connectivity index (χ1v) is 6.86. The number of nitrogens with zero attached hydrogens (tertiary/aromatic N) is 1. The van der Waals surface area contributed by atoms with E-state index < -0.39 is 0 Å². The first kappa shape index (κ1) is 12.8. The van der Waals surface area contributed by atoms with Gasteiger partial charge in [0.05, 0.1) is 6.04 Å². The fourth-order valence-corrected chi connectivity index (χ4v) is 3.09. The van der Waals surface area contributed by atoms with Gasteiger partial charge in [-0.3, -0.25) is 4.79 Å². The monoisotopic (exact) mass is 269 g/mol. The predicted octanol–water partition coefficient (Wildman–Crippen LogP) is 2.31. The van der Waals surface area contributed by atoms with Crippen molar-refractivity contribution in [1.82, 2.24) is 10.2 Å². The second-order valence-corrected chi connectivity index (χ2v) is 5.28. The third-order valence-electron chi connectivity index (χ3n) is 4.15. The minimum absolute atomic E-state index is 0.0597. The first-order valence-electron chi connectivity index (χ1n) is 6.86. The largest absolute Gasteiger partial charge is 0.388 e. The molecular formula is C16H19N3O. The predicted molar refractivity (Wildman–Crippen MR) is 80.9 cm³/mol.